The predicted molar refractivity (Wildman–Crippen MR) is 149 cm³/mol. The van der Waals surface area contributed by atoms with E-state index in [9.17, 15) is 9.59 Å². The molecule has 1 heterocycles. The molecule has 0 fully saturated rings. The number of nitrogens with one attached hydrogen (secondary N) is 2. The number of carbonyl (C=O) groups is 2. The van der Waals surface area contributed by atoms with Gasteiger partial charge in [0.15, 0.2) is 5.11 Å². The maximum atomic E-state index is 12.9. The molecule has 6 nitrogen and oxygen atoms in total. The second-order valence-corrected chi connectivity index (χ2v) is 11.6. The number of fused-ring (bicyclic) bond motifs is 1. The van der Waals surface area contributed by atoms with Gasteiger partial charge in [-0.25, -0.2) is 0 Å². The summed E-state index contributed by atoms with van der Waals surface area (Å²) >= 11 is 6.91. The number of thiophene rings is 1. The van der Waals surface area contributed by atoms with Gasteiger partial charge in [0.2, 0.25) is 0 Å². The van der Waals surface area contributed by atoms with E-state index in [1.807, 2.05) is 30.3 Å². The van der Waals surface area contributed by atoms with Gasteiger partial charge in [0.1, 0.15) is 17.4 Å². The van der Waals surface area contributed by atoms with Crippen molar-refractivity contribution < 1.29 is 14.3 Å². The number of hydrogen-bond acceptors (Lipinski definition) is 5. The Hall–Kier alpha value is -3.23. The normalized spacial score (nSPS) is 15.0. The number of anilines is 1. The molecule has 0 bridgehead atoms. The molecule has 2 aromatic carbocycles. The Kier molecular flexibility index (Phi) is 7.76. The van der Waals surface area contributed by atoms with Crippen LogP contribution in [0.5, 0.6) is 5.75 Å². The zero-order valence-corrected chi connectivity index (χ0v) is 22.4. The number of carbonyl (C=O) groups excluding carboxylic acids is 2. The molecule has 4 N–H and O–H groups in total. The summed E-state index contributed by atoms with van der Waals surface area (Å²) in [7, 11) is 0. The summed E-state index contributed by atoms with van der Waals surface area (Å²) in [5.74, 6) is 0.259. The van der Waals surface area contributed by atoms with E-state index in [0.29, 0.717) is 34.4 Å². The third-order valence-corrected chi connectivity index (χ3v) is 7.91. The third kappa shape index (κ3) is 6.12. The standard InChI is InChI=1S/C28H31N3O3S2/c1-28(2,3)19-12-13-21-22(15-19)36-26(23(21)24(29)32)31-27(35)30-25(33)18-10-7-11-20(14-18)34-16-17-8-5-4-6-9-17/h4-11,14,19H,12-13,15-16H2,1-3H3,(H2,29,32)(H2,30,31,33,35)/t19-/m1/s1. The molecule has 1 aliphatic rings. The molecule has 0 saturated heterocycles. The fourth-order valence-electron chi connectivity index (χ4n) is 4.45. The van der Waals surface area contributed by atoms with Crippen molar-refractivity contribution in [1.82, 2.24) is 5.32 Å². The molecule has 0 unspecified atom stereocenters. The van der Waals surface area contributed by atoms with Crippen molar-refractivity contribution in [3.63, 3.8) is 0 Å². The summed E-state index contributed by atoms with van der Waals surface area (Å²) in [4.78, 5) is 26.3. The Balaban J connectivity index is 1.42. The van der Waals surface area contributed by atoms with Crippen LogP contribution in [-0.4, -0.2) is 16.9 Å². The quantitative estimate of drug-likeness (QED) is 0.362. The largest absolute Gasteiger partial charge is 0.489 e. The highest BCUT2D eigenvalue weighted by molar-refractivity contribution is 7.80. The van der Waals surface area contributed by atoms with Crippen LogP contribution in [0.4, 0.5) is 5.00 Å². The first kappa shape index (κ1) is 25.9. The Morgan fingerprint density at radius 3 is 2.58 bits per heavy atom. The molecule has 0 spiro atoms. The lowest BCUT2D eigenvalue weighted by atomic mass is 9.72. The summed E-state index contributed by atoms with van der Waals surface area (Å²) in [5, 5.41) is 6.46. The number of rotatable bonds is 6. The van der Waals surface area contributed by atoms with E-state index >= 15 is 0 Å². The van der Waals surface area contributed by atoms with Gasteiger partial charge in [-0.3, -0.25) is 14.9 Å². The summed E-state index contributed by atoms with van der Waals surface area (Å²) in [5.41, 5.74) is 8.87. The van der Waals surface area contributed by atoms with Crippen LogP contribution in [0.1, 0.15) is 63.9 Å². The maximum absolute atomic E-state index is 12.9. The van der Waals surface area contributed by atoms with Crippen LogP contribution in [-0.2, 0) is 19.4 Å². The van der Waals surface area contributed by atoms with Gasteiger partial charge in [0.05, 0.1) is 5.56 Å². The van der Waals surface area contributed by atoms with Gasteiger partial charge in [0, 0.05) is 10.4 Å². The fraction of sp³-hybridized carbons (Fsp3) is 0.321. The van der Waals surface area contributed by atoms with Gasteiger partial charge in [-0.2, -0.15) is 0 Å². The molecule has 8 heteroatoms. The number of amides is 2. The first-order valence-electron chi connectivity index (χ1n) is 11.9. The van der Waals surface area contributed by atoms with E-state index in [0.717, 1.165) is 35.3 Å². The summed E-state index contributed by atoms with van der Waals surface area (Å²) < 4.78 is 5.83. The topological polar surface area (TPSA) is 93.4 Å². The molecule has 4 rings (SSSR count). The highest BCUT2D eigenvalue weighted by Crippen LogP contribution is 2.44. The zero-order chi connectivity index (χ0) is 25.9. The molecule has 1 aliphatic carbocycles. The lowest BCUT2D eigenvalue weighted by Gasteiger charge is -2.33. The molecule has 0 saturated carbocycles. The average molecular weight is 522 g/mol. The van der Waals surface area contributed by atoms with E-state index in [-0.39, 0.29) is 16.4 Å². The van der Waals surface area contributed by atoms with Crippen molar-refractivity contribution in [3.05, 3.63) is 81.7 Å². The zero-order valence-electron chi connectivity index (χ0n) is 20.7. The molecule has 36 heavy (non-hydrogen) atoms. The SMILES string of the molecule is CC(C)(C)[C@@H]1CCc2c(sc(NC(=S)NC(=O)c3cccc(OCc4ccccc4)c3)c2C(N)=O)C1. The number of hydrogen-bond donors (Lipinski definition) is 3. The van der Waals surface area contributed by atoms with E-state index in [1.165, 1.54) is 11.3 Å². The molecule has 1 aromatic heterocycles. The molecule has 2 amide bonds. The number of ether oxygens (including phenoxy) is 1. The Morgan fingerprint density at radius 1 is 1.14 bits per heavy atom. The van der Waals surface area contributed by atoms with Gasteiger partial charge < -0.3 is 15.8 Å². The van der Waals surface area contributed by atoms with Crippen LogP contribution >= 0.6 is 23.6 Å². The fourth-order valence-corrected chi connectivity index (χ4v) is 6.05. The van der Waals surface area contributed by atoms with Crippen molar-refractivity contribution in [2.45, 2.75) is 46.6 Å². The van der Waals surface area contributed by atoms with Gasteiger partial charge in [0.25, 0.3) is 11.8 Å². The summed E-state index contributed by atoms with van der Waals surface area (Å²) in [6.07, 6.45) is 2.72. The van der Waals surface area contributed by atoms with Crippen molar-refractivity contribution in [3.8, 4) is 5.75 Å². The van der Waals surface area contributed by atoms with Crippen LogP contribution in [0, 0.1) is 11.3 Å². The minimum atomic E-state index is -0.485. The monoisotopic (exact) mass is 521 g/mol. The number of thiocarbonyl (C=S) groups is 1. The van der Waals surface area contributed by atoms with E-state index in [2.05, 4.69) is 31.4 Å². The Labute approximate surface area is 221 Å². The molecular weight excluding hydrogens is 490 g/mol. The molecule has 0 aliphatic heterocycles. The summed E-state index contributed by atoms with van der Waals surface area (Å²) in [6.45, 7) is 7.14. The van der Waals surface area contributed by atoms with Crippen molar-refractivity contribution in [2.24, 2.45) is 17.1 Å². The number of benzene rings is 2. The van der Waals surface area contributed by atoms with E-state index in [1.54, 1.807) is 24.3 Å². The van der Waals surface area contributed by atoms with Crippen molar-refractivity contribution in [1.29, 1.82) is 0 Å². The average Bonchev–Trinajstić information content (AvgIpc) is 3.20. The van der Waals surface area contributed by atoms with Crippen LogP contribution in [0.2, 0.25) is 0 Å². The maximum Gasteiger partial charge on any atom is 0.257 e. The minimum absolute atomic E-state index is 0.115. The Bertz CT molecular complexity index is 1280. The van der Waals surface area contributed by atoms with E-state index in [4.69, 9.17) is 22.7 Å². The molecule has 0 radical (unpaired) electrons. The van der Waals surface area contributed by atoms with E-state index < -0.39 is 5.91 Å². The van der Waals surface area contributed by atoms with Crippen molar-refractivity contribution in [2.75, 3.05) is 5.32 Å². The molecular formula is C28H31N3O3S2. The van der Waals surface area contributed by atoms with Crippen molar-refractivity contribution >= 4 is 45.5 Å². The van der Waals surface area contributed by atoms with Crippen LogP contribution in [0.15, 0.2) is 54.6 Å². The van der Waals surface area contributed by atoms with Gasteiger partial charge in [-0.15, -0.1) is 11.3 Å². The predicted octanol–water partition coefficient (Wildman–Crippen LogP) is 5.70. The van der Waals surface area contributed by atoms with Crippen LogP contribution < -0.4 is 21.1 Å². The highest BCUT2D eigenvalue weighted by Gasteiger charge is 2.33. The Morgan fingerprint density at radius 2 is 1.89 bits per heavy atom. The second kappa shape index (κ2) is 10.8. The number of nitrogens with two attached hydrogens (primary N) is 1. The first-order chi connectivity index (χ1) is 17.1. The minimum Gasteiger partial charge on any atom is -0.489 e. The smallest absolute Gasteiger partial charge is 0.257 e. The molecule has 3 aromatic rings. The second-order valence-electron chi connectivity index (χ2n) is 10.1. The number of primary amides is 1. The van der Waals surface area contributed by atoms with Gasteiger partial charge in [-0.1, -0.05) is 57.2 Å². The van der Waals surface area contributed by atoms with Crippen LogP contribution in [0.3, 0.4) is 0 Å². The molecule has 188 valence electrons. The van der Waals surface area contributed by atoms with Gasteiger partial charge >= 0.3 is 0 Å². The lowest BCUT2D eigenvalue weighted by Crippen LogP contribution is -2.34. The van der Waals surface area contributed by atoms with Gasteiger partial charge in [-0.05, 0) is 72.1 Å². The van der Waals surface area contributed by atoms with Crippen LogP contribution in [0.25, 0.3) is 0 Å². The first-order valence-corrected chi connectivity index (χ1v) is 13.2. The third-order valence-electron chi connectivity index (χ3n) is 6.54. The lowest BCUT2D eigenvalue weighted by molar-refractivity contribution is 0.0975. The molecule has 1 atom stereocenters. The highest BCUT2D eigenvalue weighted by atomic mass is 32.1. The summed E-state index contributed by atoms with van der Waals surface area (Å²) in [6, 6.07) is 16.7.